The Morgan fingerprint density at radius 2 is 2.20 bits per heavy atom. The first-order chi connectivity index (χ1) is 9.65. The molecule has 0 amide bonds. The number of fused-ring (bicyclic) bond motifs is 1. The van der Waals surface area contributed by atoms with Gasteiger partial charge in [-0.25, -0.2) is 0 Å². The van der Waals surface area contributed by atoms with Gasteiger partial charge in [-0.05, 0) is 48.8 Å². The molecule has 1 aliphatic heterocycles. The predicted octanol–water partition coefficient (Wildman–Crippen LogP) is 2.85. The molecule has 0 aromatic heterocycles. The Morgan fingerprint density at radius 3 is 3.00 bits per heavy atom. The largest absolute Gasteiger partial charge is 0.491 e. The second-order valence-electron chi connectivity index (χ2n) is 5.60. The molecule has 0 bridgehead atoms. The molecule has 0 spiro atoms. The van der Waals surface area contributed by atoms with Crippen molar-refractivity contribution in [3.05, 3.63) is 23.8 Å². The molecular formula is C16H25NO2S. The van der Waals surface area contributed by atoms with Gasteiger partial charge in [0.2, 0.25) is 0 Å². The Kier molecular flexibility index (Phi) is 6.20. The zero-order chi connectivity index (χ0) is 14.4. The third kappa shape index (κ3) is 5.00. The minimum atomic E-state index is -0.467. The molecule has 3 nitrogen and oxygen atoms in total. The number of aliphatic hydroxyl groups excluding tert-OH is 1. The van der Waals surface area contributed by atoms with Gasteiger partial charge in [-0.1, -0.05) is 13.8 Å². The summed E-state index contributed by atoms with van der Waals surface area (Å²) in [6, 6.07) is 6.68. The van der Waals surface area contributed by atoms with E-state index >= 15 is 0 Å². The van der Waals surface area contributed by atoms with Crippen LogP contribution in [0.5, 0.6) is 5.75 Å². The molecule has 1 atom stereocenters. The number of benzene rings is 1. The number of hydrogen-bond acceptors (Lipinski definition) is 4. The molecule has 0 saturated heterocycles. The van der Waals surface area contributed by atoms with Crippen LogP contribution in [0.4, 0.5) is 0 Å². The normalized spacial score (nSPS) is 16.6. The van der Waals surface area contributed by atoms with Crippen molar-refractivity contribution < 1.29 is 9.84 Å². The lowest BCUT2D eigenvalue weighted by Gasteiger charge is -2.16. The van der Waals surface area contributed by atoms with Crippen molar-refractivity contribution in [2.75, 3.05) is 18.9 Å². The van der Waals surface area contributed by atoms with E-state index in [1.165, 1.54) is 29.1 Å². The van der Waals surface area contributed by atoms with E-state index in [0.717, 1.165) is 12.2 Å². The molecule has 0 fully saturated rings. The van der Waals surface area contributed by atoms with Crippen LogP contribution >= 0.6 is 11.8 Å². The first kappa shape index (κ1) is 15.7. The maximum atomic E-state index is 9.85. The highest BCUT2D eigenvalue weighted by atomic mass is 32.2. The summed E-state index contributed by atoms with van der Waals surface area (Å²) in [6.45, 7) is 5.04. The van der Waals surface area contributed by atoms with Crippen LogP contribution < -0.4 is 10.1 Å². The van der Waals surface area contributed by atoms with Crippen LogP contribution in [0.25, 0.3) is 0 Å². The lowest BCUT2D eigenvalue weighted by Crippen LogP contribution is -2.35. The molecule has 2 N–H and O–H groups in total. The van der Waals surface area contributed by atoms with E-state index in [2.05, 4.69) is 31.3 Å². The van der Waals surface area contributed by atoms with E-state index in [9.17, 15) is 5.11 Å². The van der Waals surface area contributed by atoms with Crippen molar-refractivity contribution in [1.82, 2.24) is 5.32 Å². The highest BCUT2D eigenvalue weighted by Gasteiger charge is 2.11. The highest BCUT2D eigenvalue weighted by Crippen LogP contribution is 2.31. The van der Waals surface area contributed by atoms with Gasteiger partial charge in [-0.2, -0.15) is 0 Å². The van der Waals surface area contributed by atoms with E-state index in [4.69, 9.17) is 4.74 Å². The average Bonchev–Trinajstić information content (AvgIpc) is 2.67. The van der Waals surface area contributed by atoms with E-state index in [1.807, 2.05) is 17.8 Å². The molecule has 20 heavy (non-hydrogen) atoms. The predicted molar refractivity (Wildman–Crippen MR) is 84.7 cm³/mol. The number of nitrogens with one attached hydrogen (secondary N) is 1. The zero-order valence-corrected chi connectivity index (χ0v) is 13.2. The van der Waals surface area contributed by atoms with Crippen LogP contribution in [-0.2, 0) is 6.42 Å². The van der Waals surface area contributed by atoms with Crippen LogP contribution in [-0.4, -0.2) is 36.2 Å². The van der Waals surface area contributed by atoms with Gasteiger partial charge in [0.1, 0.15) is 18.5 Å². The molecule has 1 aliphatic rings. The second kappa shape index (κ2) is 7.91. The summed E-state index contributed by atoms with van der Waals surface area (Å²) in [4.78, 5) is 1.39. The van der Waals surface area contributed by atoms with Gasteiger partial charge in [-0.3, -0.25) is 0 Å². The summed E-state index contributed by atoms with van der Waals surface area (Å²) in [5, 5.41) is 13.1. The smallest absolute Gasteiger partial charge is 0.119 e. The quantitative estimate of drug-likeness (QED) is 0.847. The molecule has 112 valence electrons. The number of ether oxygens (including phenoxy) is 1. The van der Waals surface area contributed by atoms with Crippen LogP contribution in [0.15, 0.2) is 23.1 Å². The summed E-state index contributed by atoms with van der Waals surface area (Å²) in [5.41, 5.74) is 1.39. The minimum Gasteiger partial charge on any atom is -0.491 e. The Bertz CT molecular complexity index is 423. The fraction of sp³-hybridized carbons (Fsp3) is 0.625. The Morgan fingerprint density at radius 1 is 1.35 bits per heavy atom. The van der Waals surface area contributed by atoms with Gasteiger partial charge in [0.15, 0.2) is 0 Å². The van der Waals surface area contributed by atoms with Crippen LogP contribution in [0.3, 0.4) is 0 Å². The van der Waals surface area contributed by atoms with E-state index in [0.29, 0.717) is 19.2 Å². The Balaban J connectivity index is 1.85. The van der Waals surface area contributed by atoms with Crippen molar-refractivity contribution >= 4 is 11.8 Å². The molecule has 2 rings (SSSR count). The van der Waals surface area contributed by atoms with Gasteiger partial charge < -0.3 is 15.2 Å². The lowest BCUT2D eigenvalue weighted by molar-refractivity contribution is 0.104. The SMILES string of the molecule is CC(C)NCC(O)COc1ccc2c(c1)CCCCS2. The highest BCUT2D eigenvalue weighted by molar-refractivity contribution is 7.99. The summed E-state index contributed by atoms with van der Waals surface area (Å²) >= 11 is 1.94. The monoisotopic (exact) mass is 295 g/mol. The summed E-state index contributed by atoms with van der Waals surface area (Å²) < 4.78 is 5.71. The Hall–Kier alpha value is -0.710. The van der Waals surface area contributed by atoms with Gasteiger partial charge >= 0.3 is 0 Å². The maximum Gasteiger partial charge on any atom is 0.119 e. The van der Waals surface area contributed by atoms with Crippen molar-refractivity contribution in [1.29, 1.82) is 0 Å². The Labute approximate surface area is 126 Å². The molecule has 0 radical (unpaired) electrons. The van der Waals surface area contributed by atoms with Gasteiger partial charge in [0, 0.05) is 17.5 Å². The molecule has 0 saturated carbocycles. The fourth-order valence-electron chi connectivity index (χ4n) is 2.20. The molecule has 4 heteroatoms. The van der Waals surface area contributed by atoms with Gasteiger partial charge in [0.05, 0.1) is 0 Å². The van der Waals surface area contributed by atoms with E-state index in [1.54, 1.807) is 0 Å². The fourth-order valence-corrected chi connectivity index (χ4v) is 3.28. The molecule has 1 heterocycles. The van der Waals surface area contributed by atoms with Gasteiger partial charge in [0.25, 0.3) is 0 Å². The van der Waals surface area contributed by atoms with Gasteiger partial charge in [-0.15, -0.1) is 11.8 Å². The third-order valence-corrected chi connectivity index (χ3v) is 4.54. The zero-order valence-electron chi connectivity index (χ0n) is 12.4. The second-order valence-corrected chi connectivity index (χ2v) is 6.74. The number of aryl methyl sites for hydroxylation is 1. The molecule has 0 aliphatic carbocycles. The molecule has 1 aromatic carbocycles. The third-order valence-electron chi connectivity index (χ3n) is 3.33. The number of thioether (sulfide) groups is 1. The molecular weight excluding hydrogens is 270 g/mol. The van der Waals surface area contributed by atoms with Crippen LogP contribution in [0.1, 0.15) is 32.3 Å². The van der Waals surface area contributed by atoms with Crippen LogP contribution in [0, 0.1) is 0 Å². The maximum absolute atomic E-state index is 9.85. The number of rotatable bonds is 6. The summed E-state index contributed by atoms with van der Waals surface area (Å²) in [7, 11) is 0. The summed E-state index contributed by atoms with van der Waals surface area (Å²) in [6.07, 6.45) is 3.21. The van der Waals surface area contributed by atoms with Crippen molar-refractivity contribution in [2.24, 2.45) is 0 Å². The lowest BCUT2D eigenvalue weighted by atomic mass is 10.1. The standard InChI is InChI=1S/C16H25NO2S/c1-12(2)17-10-14(18)11-19-15-6-7-16-13(9-15)5-3-4-8-20-16/h6-7,9,12,14,17-18H,3-5,8,10-11H2,1-2H3. The van der Waals surface area contributed by atoms with Crippen molar-refractivity contribution in [3.8, 4) is 5.75 Å². The minimum absolute atomic E-state index is 0.339. The topological polar surface area (TPSA) is 41.5 Å². The first-order valence-electron chi connectivity index (χ1n) is 7.45. The average molecular weight is 295 g/mol. The molecule has 1 unspecified atom stereocenters. The van der Waals surface area contributed by atoms with E-state index in [-0.39, 0.29) is 0 Å². The number of aliphatic hydroxyl groups is 1. The molecule has 1 aromatic rings. The van der Waals surface area contributed by atoms with E-state index < -0.39 is 6.10 Å². The first-order valence-corrected chi connectivity index (χ1v) is 8.43. The summed E-state index contributed by atoms with van der Waals surface area (Å²) in [5.74, 6) is 2.09. The van der Waals surface area contributed by atoms with Crippen molar-refractivity contribution in [2.45, 2.75) is 50.2 Å². The van der Waals surface area contributed by atoms with Crippen molar-refractivity contribution in [3.63, 3.8) is 0 Å². The van der Waals surface area contributed by atoms with Crippen LogP contribution in [0.2, 0.25) is 0 Å². The number of hydrogen-bond donors (Lipinski definition) is 2.